The van der Waals surface area contributed by atoms with E-state index in [1.165, 1.54) is 13.2 Å². The number of ether oxygens (including phenoxy) is 3. The summed E-state index contributed by atoms with van der Waals surface area (Å²) in [5, 5.41) is 15.0. The molecule has 0 saturated carbocycles. The number of carbonyl (C=O) groups excluding carboxylic acids is 1. The van der Waals surface area contributed by atoms with Crippen LogP contribution in [0.15, 0.2) is 219 Å². The predicted octanol–water partition coefficient (Wildman–Crippen LogP) is 15.6. The van der Waals surface area contributed by atoms with Gasteiger partial charge in [-0.05, 0) is 166 Å². The summed E-state index contributed by atoms with van der Waals surface area (Å²) >= 11 is 12.1. The first-order valence-electron chi connectivity index (χ1n) is 25.7. The normalized spacial score (nSPS) is 11.2. The number of halogens is 2. The second kappa shape index (κ2) is 23.6. The van der Waals surface area contributed by atoms with E-state index in [2.05, 4.69) is 119 Å². The Morgan fingerprint density at radius 2 is 0.949 bits per heavy atom. The molecule has 79 heavy (non-hydrogen) atoms. The Kier molecular flexibility index (Phi) is 15.5. The quantitative estimate of drug-likeness (QED) is 0.0951. The van der Waals surface area contributed by atoms with Crippen molar-refractivity contribution in [2.24, 2.45) is 0 Å². The van der Waals surface area contributed by atoms with Crippen LogP contribution in [-0.4, -0.2) is 43.3 Å². The first-order valence-corrected chi connectivity index (χ1v) is 26.5. The Morgan fingerprint density at radius 1 is 0.468 bits per heavy atom. The Hall–Kier alpha value is -9.22. The van der Waals surface area contributed by atoms with Crippen molar-refractivity contribution in [2.45, 2.75) is 39.1 Å². The van der Waals surface area contributed by atoms with Gasteiger partial charge in [0.1, 0.15) is 24.7 Å². The van der Waals surface area contributed by atoms with Crippen molar-refractivity contribution in [2.75, 3.05) is 7.11 Å². The molecule has 0 fully saturated rings. The number of carboxylic acid groups (broad SMARTS) is 1. The monoisotopic (exact) mass is 1080 g/mol. The number of hydrogen-bond donors (Lipinski definition) is 1. The van der Waals surface area contributed by atoms with Gasteiger partial charge in [-0.25, -0.2) is 19.6 Å². The van der Waals surface area contributed by atoms with E-state index in [0.717, 1.165) is 106 Å². The summed E-state index contributed by atoms with van der Waals surface area (Å²) in [6.07, 6.45) is 5.30. The highest BCUT2D eigenvalue weighted by Gasteiger charge is 2.16. The number of aromatic carboxylic acids is 1. The summed E-state index contributed by atoms with van der Waals surface area (Å²) in [6.45, 7) is 2.24. The minimum atomic E-state index is -0.973. The van der Waals surface area contributed by atoms with Crippen LogP contribution in [0, 0.1) is 0 Å². The number of rotatable bonds is 16. The van der Waals surface area contributed by atoms with Crippen LogP contribution < -0.4 is 9.47 Å². The van der Waals surface area contributed by atoms with Crippen molar-refractivity contribution in [3.8, 4) is 11.5 Å². The number of nitrogens with zero attached hydrogens (tertiary/aromatic N) is 4. The number of carbonyl (C=O) groups is 2. The summed E-state index contributed by atoms with van der Waals surface area (Å²) in [6, 6.07) is 67.8. The van der Waals surface area contributed by atoms with E-state index in [-0.39, 0.29) is 11.5 Å². The number of carboxylic acids is 1. The molecule has 12 rings (SSSR count). The van der Waals surface area contributed by atoms with Gasteiger partial charge in [-0.15, -0.1) is 0 Å². The van der Waals surface area contributed by atoms with Crippen LogP contribution in [0.4, 0.5) is 0 Å². The number of fused-ring (bicyclic) bond motifs is 4. The van der Waals surface area contributed by atoms with Crippen molar-refractivity contribution < 1.29 is 28.9 Å². The SMILES string of the molecule is COC(=O)c1cc(Cl)ccc1Cc1ccc2c(ccn2Cc2cccc(OCc3ccc4ccccc4n3)c2)c1.O=C(O)c1cc(Cl)ccc1Cc1ccc2c(ccn2Cc2cccc(OCc3ccc4ccccc4n3)c2)c1. The maximum Gasteiger partial charge on any atom is 0.338 e. The largest absolute Gasteiger partial charge is 0.487 e. The fraction of sp³-hybridized carbons (Fsp3) is 0.104. The summed E-state index contributed by atoms with van der Waals surface area (Å²) in [5.74, 6) is 0.262. The molecule has 4 heterocycles. The van der Waals surface area contributed by atoms with Crippen molar-refractivity contribution in [1.82, 2.24) is 19.1 Å². The number of para-hydroxylation sites is 2. The Morgan fingerprint density at radius 3 is 1.44 bits per heavy atom. The number of pyridine rings is 2. The Labute approximate surface area is 466 Å². The highest BCUT2D eigenvalue weighted by molar-refractivity contribution is 6.31. The molecule has 0 aliphatic rings. The zero-order chi connectivity index (χ0) is 54.2. The third-order valence-corrected chi connectivity index (χ3v) is 14.3. The number of hydrogen-bond acceptors (Lipinski definition) is 7. The van der Waals surface area contributed by atoms with Crippen molar-refractivity contribution in [1.29, 1.82) is 0 Å². The van der Waals surface area contributed by atoms with Gasteiger partial charge in [0.05, 0.1) is 40.7 Å². The topological polar surface area (TPSA) is 118 Å². The molecule has 12 aromatic rings. The molecule has 0 aliphatic heterocycles. The smallest absolute Gasteiger partial charge is 0.338 e. The number of benzene rings is 8. The molecule has 0 atom stereocenters. The minimum absolute atomic E-state index is 0.235. The van der Waals surface area contributed by atoms with Gasteiger partial charge in [0, 0.05) is 57.3 Å². The average Bonchev–Trinajstić information content (AvgIpc) is 4.08. The maximum absolute atomic E-state index is 12.3. The van der Waals surface area contributed by atoms with Crippen LogP contribution in [0.3, 0.4) is 0 Å². The summed E-state index contributed by atoms with van der Waals surface area (Å²) < 4.78 is 21.5. The number of methoxy groups -OCH3 is 1. The van der Waals surface area contributed by atoms with Gasteiger partial charge in [0.2, 0.25) is 0 Å². The zero-order valence-electron chi connectivity index (χ0n) is 43.1. The van der Waals surface area contributed by atoms with Gasteiger partial charge in [0.15, 0.2) is 0 Å². The molecular weight excluding hydrogens is 1030 g/mol. The van der Waals surface area contributed by atoms with Gasteiger partial charge in [-0.3, -0.25) is 0 Å². The molecule has 0 unspecified atom stereocenters. The second-order valence-electron chi connectivity index (χ2n) is 19.3. The molecule has 1 N–H and O–H groups in total. The lowest BCUT2D eigenvalue weighted by Crippen LogP contribution is -2.06. The van der Waals surface area contributed by atoms with Gasteiger partial charge >= 0.3 is 11.9 Å². The lowest BCUT2D eigenvalue weighted by Gasteiger charge is -2.11. The van der Waals surface area contributed by atoms with E-state index in [4.69, 9.17) is 47.4 Å². The van der Waals surface area contributed by atoms with Crippen LogP contribution in [0.2, 0.25) is 10.0 Å². The van der Waals surface area contributed by atoms with E-state index >= 15 is 0 Å². The molecule has 4 aromatic heterocycles. The Bertz CT molecular complexity index is 4210. The van der Waals surface area contributed by atoms with E-state index < -0.39 is 5.97 Å². The van der Waals surface area contributed by atoms with Crippen molar-refractivity contribution >= 4 is 78.8 Å². The lowest BCUT2D eigenvalue weighted by atomic mass is 9.99. The van der Waals surface area contributed by atoms with Crippen LogP contribution in [-0.2, 0) is 43.9 Å². The van der Waals surface area contributed by atoms with Gasteiger partial charge in [-0.2, -0.15) is 0 Å². The van der Waals surface area contributed by atoms with Gasteiger partial charge in [0.25, 0.3) is 0 Å². The molecule has 8 aromatic carbocycles. The third kappa shape index (κ3) is 12.5. The number of aromatic nitrogens is 4. The van der Waals surface area contributed by atoms with Crippen LogP contribution in [0.25, 0.3) is 43.6 Å². The summed E-state index contributed by atoms with van der Waals surface area (Å²) in [7, 11) is 1.38. The molecule has 12 heteroatoms. The predicted molar refractivity (Wildman–Crippen MR) is 314 cm³/mol. The zero-order valence-corrected chi connectivity index (χ0v) is 44.6. The highest BCUT2D eigenvalue weighted by atomic mass is 35.5. The first kappa shape index (κ1) is 51.9. The fourth-order valence-electron chi connectivity index (χ4n) is 9.89. The third-order valence-electron chi connectivity index (χ3n) is 13.8. The second-order valence-corrected chi connectivity index (χ2v) is 20.2. The molecule has 0 saturated heterocycles. The lowest BCUT2D eigenvalue weighted by molar-refractivity contribution is 0.0598. The first-order chi connectivity index (χ1) is 38.6. The van der Waals surface area contributed by atoms with Crippen LogP contribution in [0.5, 0.6) is 11.5 Å². The molecule has 0 bridgehead atoms. The van der Waals surface area contributed by atoms with Crippen molar-refractivity contribution in [3.63, 3.8) is 0 Å². The molecule has 0 amide bonds. The van der Waals surface area contributed by atoms with Crippen LogP contribution in [0.1, 0.15) is 65.5 Å². The van der Waals surface area contributed by atoms with E-state index in [9.17, 15) is 14.7 Å². The summed E-state index contributed by atoms with van der Waals surface area (Å²) in [5.41, 5.74) is 12.7. The fourth-order valence-corrected chi connectivity index (χ4v) is 10.2. The van der Waals surface area contributed by atoms with E-state index in [1.807, 2.05) is 78.9 Å². The van der Waals surface area contributed by atoms with E-state index in [0.29, 0.717) is 48.2 Å². The average molecular weight is 1080 g/mol. The minimum Gasteiger partial charge on any atom is -0.487 e. The molecular formula is C67H52Cl2N4O6. The molecule has 0 aliphatic carbocycles. The van der Waals surface area contributed by atoms with Crippen molar-refractivity contribution in [3.05, 3.63) is 285 Å². The molecule has 0 spiro atoms. The van der Waals surface area contributed by atoms with E-state index in [1.54, 1.807) is 24.3 Å². The molecule has 390 valence electrons. The Balaban J connectivity index is 0.000000167. The van der Waals surface area contributed by atoms with Gasteiger partial charge in [-0.1, -0.05) is 120 Å². The van der Waals surface area contributed by atoms with Crippen LogP contribution >= 0.6 is 23.2 Å². The standard InChI is InChI=1S/C34H27ClN2O3.C33H25ClN2O3/c1-39-34(38)31-20-28(35)12-10-26(31)17-23-9-14-33-27(18-23)15-16-37(33)21-24-5-4-7-30(19-24)40-22-29-13-11-25-6-2-3-8-32(25)36-29;34-27-11-9-25(30(19-27)33(37)38)16-22-8-13-32-26(17-22)14-15-36(32)20-23-4-3-6-29(18-23)39-21-28-12-10-24-5-1-2-7-31(24)35-28/h2-16,18-20H,17,21-22H2,1H3;1-15,17-19H,16,20-21H2,(H,37,38). The maximum atomic E-state index is 12.3. The molecule has 10 nitrogen and oxygen atoms in total. The van der Waals surface area contributed by atoms with Gasteiger partial charge < -0.3 is 28.5 Å². The summed E-state index contributed by atoms with van der Waals surface area (Å²) in [4.78, 5) is 33.3. The highest BCUT2D eigenvalue weighted by Crippen LogP contribution is 2.28. The number of esters is 1. The molecule has 0 radical (unpaired) electrons.